The van der Waals surface area contributed by atoms with Gasteiger partial charge >= 0.3 is 0 Å². The Morgan fingerprint density at radius 1 is 1.14 bits per heavy atom. The molecule has 1 amide bonds. The third-order valence-electron chi connectivity index (χ3n) is 3.56. The molecule has 0 fully saturated rings. The first kappa shape index (κ1) is 15.3. The Kier molecular flexibility index (Phi) is 5.12. The van der Waals surface area contributed by atoms with Crippen molar-refractivity contribution in [1.29, 1.82) is 0 Å². The molecule has 0 aromatic heterocycles. The van der Waals surface area contributed by atoms with Gasteiger partial charge in [-0.3, -0.25) is 4.79 Å². The fraction of sp³-hybridized carbons (Fsp3) is 0.278. The number of aryl methyl sites for hydroxylation is 3. The third kappa shape index (κ3) is 4.43. The SMILES string of the molecule is Cc1ccc(NC(=O)[C@@H](N)CCc2ccccc2)c(C)c1. The number of carbonyl (C=O) groups is 1. The van der Waals surface area contributed by atoms with Crippen molar-refractivity contribution in [2.75, 3.05) is 5.32 Å². The van der Waals surface area contributed by atoms with E-state index < -0.39 is 6.04 Å². The molecule has 0 aliphatic heterocycles. The van der Waals surface area contributed by atoms with Crippen LogP contribution in [0.2, 0.25) is 0 Å². The zero-order chi connectivity index (χ0) is 15.2. The number of amides is 1. The van der Waals surface area contributed by atoms with Gasteiger partial charge in [-0.15, -0.1) is 0 Å². The summed E-state index contributed by atoms with van der Waals surface area (Å²) in [6.07, 6.45) is 1.45. The van der Waals surface area contributed by atoms with Crippen LogP contribution < -0.4 is 11.1 Å². The van der Waals surface area contributed by atoms with Crippen LogP contribution in [0.15, 0.2) is 48.5 Å². The molecule has 2 aromatic rings. The van der Waals surface area contributed by atoms with Crippen LogP contribution >= 0.6 is 0 Å². The molecule has 2 aromatic carbocycles. The first-order valence-corrected chi connectivity index (χ1v) is 7.24. The summed E-state index contributed by atoms with van der Waals surface area (Å²) in [7, 11) is 0. The van der Waals surface area contributed by atoms with Gasteiger partial charge in [0.25, 0.3) is 0 Å². The van der Waals surface area contributed by atoms with Crippen molar-refractivity contribution in [1.82, 2.24) is 0 Å². The quantitative estimate of drug-likeness (QED) is 0.884. The number of anilines is 1. The van der Waals surface area contributed by atoms with E-state index in [1.54, 1.807) is 0 Å². The number of nitrogens with one attached hydrogen (secondary N) is 1. The molecule has 3 N–H and O–H groups in total. The molecular weight excluding hydrogens is 260 g/mol. The molecule has 1 atom stereocenters. The first-order valence-electron chi connectivity index (χ1n) is 7.24. The summed E-state index contributed by atoms with van der Waals surface area (Å²) in [5.41, 5.74) is 10.2. The summed E-state index contributed by atoms with van der Waals surface area (Å²) < 4.78 is 0. The van der Waals surface area contributed by atoms with Gasteiger partial charge in [0.05, 0.1) is 6.04 Å². The van der Waals surface area contributed by atoms with Crippen LogP contribution in [0, 0.1) is 13.8 Å². The second-order valence-electron chi connectivity index (χ2n) is 5.44. The second kappa shape index (κ2) is 7.04. The lowest BCUT2D eigenvalue weighted by Gasteiger charge is -2.14. The Hall–Kier alpha value is -2.13. The predicted molar refractivity (Wildman–Crippen MR) is 87.3 cm³/mol. The molecule has 0 radical (unpaired) electrons. The van der Waals surface area contributed by atoms with E-state index in [4.69, 9.17) is 5.73 Å². The van der Waals surface area contributed by atoms with Crippen molar-refractivity contribution < 1.29 is 4.79 Å². The molecule has 0 saturated carbocycles. The van der Waals surface area contributed by atoms with Gasteiger partial charge in [-0.2, -0.15) is 0 Å². The Morgan fingerprint density at radius 2 is 1.86 bits per heavy atom. The zero-order valence-corrected chi connectivity index (χ0v) is 12.6. The Balaban J connectivity index is 1.90. The van der Waals surface area contributed by atoms with Crippen LogP contribution in [0.3, 0.4) is 0 Å². The minimum Gasteiger partial charge on any atom is -0.324 e. The number of hydrogen-bond acceptors (Lipinski definition) is 2. The minimum absolute atomic E-state index is 0.127. The average Bonchev–Trinajstić information content (AvgIpc) is 2.48. The lowest BCUT2D eigenvalue weighted by molar-refractivity contribution is -0.117. The zero-order valence-electron chi connectivity index (χ0n) is 12.6. The van der Waals surface area contributed by atoms with Gasteiger partial charge in [0.15, 0.2) is 0 Å². The number of nitrogens with two attached hydrogens (primary N) is 1. The van der Waals surface area contributed by atoms with Gasteiger partial charge in [-0.1, -0.05) is 48.0 Å². The van der Waals surface area contributed by atoms with Gasteiger partial charge < -0.3 is 11.1 Å². The van der Waals surface area contributed by atoms with Crippen LogP contribution in [0.5, 0.6) is 0 Å². The largest absolute Gasteiger partial charge is 0.324 e. The van der Waals surface area contributed by atoms with Crippen LogP contribution in [0.1, 0.15) is 23.1 Å². The summed E-state index contributed by atoms with van der Waals surface area (Å²) >= 11 is 0. The number of carbonyl (C=O) groups excluding carboxylic acids is 1. The maximum absolute atomic E-state index is 12.1. The lowest BCUT2D eigenvalue weighted by Crippen LogP contribution is -2.36. The van der Waals surface area contributed by atoms with Crippen LogP contribution in [-0.4, -0.2) is 11.9 Å². The van der Waals surface area contributed by atoms with E-state index in [2.05, 4.69) is 17.4 Å². The van der Waals surface area contributed by atoms with Crippen molar-refractivity contribution in [2.45, 2.75) is 32.7 Å². The van der Waals surface area contributed by atoms with Gasteiger partial charge in [0.1, 0.15) is 0 Å². The molecule has 21 heavy (non-hydrogen) atoms. The van der Waals surface area contributed by atoms with Crippen LogP contribution in [-0.2, 0) is 11.2 Å². The molecule has 0 bridgehead atoms. The molecular formula is C18H22N2O. The molecule has 0 saturated heterocycles. The molecule has 0 spiro atoms. The van der Waals surface area contributed by atoms with E-state index in [1.165, 1.54) is 11.1 Å². The standard InChI is InChI=1S/C18H22N2O/c1-13-8-11-17(14(2)12-13)20-18(21)16(19)10-9-15-6-4-3-5-7-15/h3-8,11-12,16H,9-10,19H2,1-2H3,(H,20,21)/t16-/m0/s1. The van der Waals surface area contributed by atoms with Crippen molar-refractivity contribution in [2.24, 2.45) is 5.73 Å². The highest BCUT2D eigenvalue weighted by molar-refractivity contribution is 5.95. The lowest BCUT2D eigenvalue weighted by atomic mass is 10.0. The summed E-state index contributed by atoms with van der Waals surface area (Å²) in [6.45, 7) is 4.02. The summed E-state index contributed by atoms with van der Waals surface area (Å²) in [5, 5.41) is 2.91. The second-order valence-corrected chi connectivity index (χ2v) is 5.44. The smallest absolute Gasteiger partial charge is 0.241 e. The highest BCUT2D eigenvalue weighted by atomic mass is 16.2. The third-order valence-corrected chi connectivity index (χ3v) is 3.56. The molecule has 0 unspecified atom stereocenters. The average molecular weight is 282 g/mol. The van der Waals surface area contributed by atoms with Crippen molar-refractivity contribution in [3.05, 3.63) is 65.2 Å². The van der Waals surface area contributed by atoms with E-state index in [-0.39, 0.29) is 5.91 Å². The fourth-order valence-corrected chi connectivity index (χ4v) is 2.28. The predicted octanol–water partition coefficient (Wildman–Crippen LogP) is 3.20. The van der Waals surface area contributed by atoms with Crippen LogP contribution in [0.25, 0.3) is 0 Å². The van der Waals surface area contributed by atoms with Gasteiger partial charge in [-0.05, 0) is 43.9 Å². The maximum Gasteiger partial charge on any atom is 0.241 e. The molecule has 0 heterocycles. The van der Waals surface area contributed by atoms with E-state index in [9.17, 15) is 4.79 Å². The fourth-order valence-electron chi connectivity index (χ4n) is 2.28. The molecule has 3 nitrogen and oxygen atoms in total. The van der Waals surface area contributed by atoms with Crippen molar-refractivity contribution >= 4 is 11.6 Å². The van der Waals surface area contributed by atoms with E-state index in [0.717, 1.165) is 17.7 Å². The van der Waals surface area contributed by atoms with Crippen LogP contribution in [0.4, 0.5) is 5.69 Å². The van der Waals surface area contributed by atoms with Gasteiger partial charge in [-0.25, -0.2) is 0 Å². The van der Waals surface area contributed by atoms with E-state index >= 15 is 0 Å². The van der Waals surface area contributed by atoms with E-state index in [1.807, 2.05) is 50.2 Å². The summed E-state index contributed by atoms with van der Waals surface area (Å²) in [6, 6.07) is 15.5. The van der Waals surface area contributed by atoms with Crippen molar-refractivity contribution in [3.63, 3.8) is 0 Å². The maximum atomic E-state index is 12.1. The Morgan fingerprint density at radius 3 is 2.52 bits per heavy atom. The van der Waals surface area contributed by atoms with E-state index in [0.29, 0.717) is 6.42 Å². The number of hydrogen-bond donors (Lipinski definition) is 2. The summed E-state index contributed by atoms with van der Waals surface area (Å²) in [5.74, 6) is -0.127. The monoisotopic (exact) mass is 282 g/mol. The topological polar surface area (TPSA) is 55.1 Å². The first-order chi connectivity index (χ1) is 10.1. The molecule has 0 aliphatic rings. The van der Waals surface area contributed by atoms with Gasteiger partial charge in [0.2, 0.25) is 5.91 Å². The van der Waals surface area contributed by atoms with Gasteiger partial charge in [0, 0.05) is 5.69 Å². The Labute approximate surface area is 126 Å². The number of rotatable bonds is 5. The Bertz CT molecular complexity index is 608. The molecule has 110 valence electrons. The highest BCUT2D eigenvalue weighted by Gasteiger charge is 2.14. The normalized spacial score (nSPS) is 12.0. The molecule has 3 heteroatoms. The summed E-state index contributed by atoms with van der Waals surface area (Å²) in [4.78, 5) is 12.1. The minimum atomic E-state index is -0.495. The van der Waals surface area contributed by atoms with Crippen molar-refractivity contribution in [3.8, 4) is 0 Å². The molecule has 0 aliphatic carbocycles. The highest BCUT2D eigenvalue weighted by Crippen LogP contribution is 2.16. The molecule has 2 rings (SSSR count). The number of benzene rings is 2.